The molecule has 0 spiro atoms. The van der Waals surface area contributed by atoms with Gasteiger partial charge in [-0.25, -0.2) is 22.9 Å². The average Bonchev–Trinajstić information content (AvgIpc) is 1.92. The van der Waals surface area contributed by atoms with Crippen molar-refractivity contribution in [1.82, 2.24) is 4.98 Å². The molecule has 0 saturated heterocycles. The maximum absolute atomic E-state index is 12.9. The minimum atomic E-state index is -4.07. The van der Waals surface area contributed by atoms with E-state index < -0.39 is 20.9 Å². The van der Waals surface area contributed by atoms with Gasteiger partial charge in [-0.2, -0.15) is 0 Å². The summed E-state index contributed by atoms with van der Waals surface area (Å²) in [6, 6.07) is 1.28. The van der Waals surface area contributed by atoms with Crippen molar-refractivity contribution in [2.24, 2.45) is 5.14 Å². The van der Waals surface area contributed by atoms with E-state index in [-0.39, 0.29) is 4.47 Å². The second-order valence-electron chi connectivity index (χ2n) is 1.96. The van der Waals surface area contributed by atoms with Crippen molar-refractivity contribution in [3.05, 3.63) is 22.6 Å². The van der Waals surface area contributed by atoms with Gasteiger partial charge < -0.3 is 0 Å². The van der Waals surface area contributed by atoms with Gasteiger partial charge >= 0.3 is 0 Å². The number of hydrogen-bond acceptors (Lipinski definition) is 3. The average molecular weight is 255 g/mol. The minimum Gasteiger partial charge on any atom is -0.241 e. The zero-order valence-corrected chi connectivity index (χ0v) is 8.06. The summed E-state index contributed by atoms with van der Waals surface area (Å²) < 4.78 is 34.3. The lowest BCUT2D eigenvalue weighted by Gasteiger charge is -1.99. The Kier molecular flexibility index (Phi) is 2.45. The van der Waals surface area contributed by atoms with Crippen LogP contribution in [0.25, 0.3) is 0 Å². The van der Waals surface area contributed by atoms with Crippen LogP contribution < -0.4 is 5.14 Å². The molecule has 66 valence electrons. The fourth-order valence-electron chi connectivity index (χ4n) is 0.601. The molecule has 2 N–H and O–H groups in total. The number of pyridine rings is 1. The summed E-state index contributed by atoms with van der Waals surface area (Å²) in [6.07, 6.45) is 1.15. The number of rotatable bonds is 1. The standard InChI is InChI=1S/C5H4BrFN2O2S/c6-3-1-2-9-5(4(3)7)12(8,10)11/h1-2H,(H2,8,10,11). The summed E-state index contributed by atoms with van der Waals surface area (Å²) in [6.45, 7) is 0. The van der Waals surface area contributed by atoms with E-state index in [1.165, 1.54) is 6.07 Å². The van der Waals surface area contributed by atoms with Crippen LogP contribution in [-0.4, -0.2) is 13.4 Å². The van der Waals surface area contributed by atoms with E-state index in [4.69, 9.17) is 0 Å². The Morgan fingerprint density at radius 2 is 2.17 bits per heavy atom. The van der Waals surface area contributed by atoms with Crippen molar-refractivity contribution >= 4 is 26.0 Å². The van der Waals surface area contributed by atoms with Gasteiger partial charge in [-0.1, -0.05) is 0 Å². The predicted molar refractivity (Wildman–Crippen MR) is 43.3 cm³/mol. The fraction of sp³-hybridized carbons (Fsp3) is 0. The van der Waals surface area contributed by atoms with Gasteiger partial charge in [0.05, 0.1) is 4.47 Å². The Balaban J connectivity index is 3.47. The van der Waals surface area contributed by atoms with E-state index in [2.05, 4.69) is 26.1 Å². The number of aromatic nitrogens is 1. The molecule has 0 aliphatic carbocycles. The maximum atomic E-state index is 12.9. The van der Waals surface area contributed by atoms with Crippen molar-refractivity contribution in [1.29, 1.82) is 0 Å². The van der Waals surface area contributed by atoms with Crippen LogP contribution in [-0.2, 0) is 10.0 Å². The highest BCUT2D eigenvalue weighted by Gasteiger charge is 2.17. The lowest BCUT2D eigenvalue weighted by Crippen LogP contribution is -2.16. The summed E-state index contributed by atoms with van der Waals surface area (Å²) in [7, 11) is -4.07. The summed E-state index contributed by atoms with van der Waals surface area (Å²) in [4.78, 5) is 3.29. The smallest absolute Gasteiger partial charge is 0.241 e. The van der Waals surface area contributed by atoms with Gasteiger partial charge in [-0.15, -0.1) is 0 Å². The number of hydrogen-bond donors (Lipinski definition) is 1. The van der Waals surface area contributed by atoms with Gasteiger partial charge in [0.15, 0.2) is 5.82 Å². The van der Waals surface area contributed by atoms with Gasteiger partial charge in [0.2, 0.25) is 5.03 Å². The largest absolute Gasteiger partial charge is 0.258 e. The third-order valence-electron chi connectivity index (χ3n) is 1.08. The highest BCUT2D eigenvalue weighted by Crippen LogP contribution is 2.18. The van der Waals surface area contributed by atoms with Gasteiger partial charge in [0.25, 0.3) is 10.0 Å². The van der Waals surface area contributed by atoms with E-state index in [1.54, 1.807) is 0 Å². The highest BCUT2D eigenvalue weighted by molar-refractivity contribution is 9.10. The van der Waals surface area contributed by atoms with Crippen LogP contribution in [0, 0.1) is 5.82 Å². The first-order valence-electron chi connectivity index (χ1n) is 2.75. The normalized spacial score (nSPS) is 11.6. The SMILES string of the molecule is NS(=O)(=O)c1nccc(Br)c1F. The molecule has 0 saturated carbocycles. The van der Waals surface area contributed by atoms with Gasteiger partial charge in [0.1, 0.15) is 0 Å². The Hall–Kier alpha value is -0.530. The Bertz CT molecular complexity index is 406. The van der Waals surface area contributed by atoms with Crippen LogP contribution in [0.15, 0.2) is 21.8 Å². The van der Waals surface area contributed by atoms with Crippen molar-refractivity contribution in [2.45, 2.75) is 5.03 Å². The molecule has 0 atom stereocenters. The molecule has 0 aliphatic rings. The van der Waals surface area contributed by atoms with E-state index in [0.29, 0.717) is 0 Å². The number of nitrogens with two attached hydrogens (primary N) is 1. The van der Waals surface area contributed by atoms with Crippen LogP contribution in [0.2, 0.25) is 0 Å². The molecule has 0 unspecified atom stereocenters. The molecule has 1 rings (SSSR count). The van der Waals surface area contributed by atoms with E-state index >= 15 is 0 Å². The molecule has 0 radical (unpaired) electrons. The summed E-state index contributed by atoms with van der Waals surface area (Å²) in [5.41, 5.74) is 0. The molecule has 7 heteroatoms. The number of halogens is 2. The van der Waals surface area contributed by atoms with E-state index in [1.807, 2.05) is 0 Å². The van der Waals surface area contributed by atoms with Crippen LogP contribution in [0.1, 0.15) is 0 Å². The first-order chi connectivity index (χ1) is 5.43. The Labute approximate surface area is 76.8 Å². The predicted octanol–water partition coefficient (Wildman–Crippen LogP) is 0.631. The first-order valence-corrected chi connectivity index (χ1v) is 5.09. The number of sulfonamides is 1. The highest BCUT2D eigenvalue weighted by atomic mass is 79.9. The molecule has 12 heavy (non-hydrogen) atoms. The van der Waals surface area contributed by atoms with Crippen LogP contribution >= 0.6 is 15.9 Å². The van der Waals surface area contributed by atoms with Gasteiger partial charge in [-0.05, 0) is 22.0 Å². The van der Waals surface area contributed by atoms with E-state index in [0.717, 1.165) is 6.20 Å². The lowest BCUT2D eigenvalue weighted by molar-refractivity contribution is 0.550. The minimum absolute atomic E-state index is 0.0153. The first kappa shape index (κ1) is 9.56. The summed E-state index contributed by atoms with van der Waals surface area (Å²) >= 11 is 2.80. The fourth-order valence-corrected chi connectivity index (χ4v) is 1.61. The molecule has 4 nitrogen and oxygen atoms in total. The molecule has 0 bridgehead atoms. The molecule has 1 aromatic rings. The maximum Gasteiger partial charge on any atom is 0.258 e. The second kappa shape index (κ2) is 3.08. The lowest BCUT2D eigenvalue weighted by atomic mass is 10.5. The zero-order chi connectivity index (χ0) is 9.35. The van der Waals surface area contributed by atoms with Gasteiger partial charge in [0, 0.05) is 6.20 Å². The topological polar surface area (TPSA) is 73.1 Å². The quantitative estimate of drug-likeness (QED) is 0.799. The molecule has 0 aliphatic heterocycles. The Morgan fingerprint density at radius 3 is 2.58 bits per heavy atom. The Morgan fingerprint density at radius 1 is 1.58 bits per heavy atom. The molecule has 0 aromatic carbocycles. The molecule has 1 aromatic heterocycles. The second-order valence-corrected chi connectivity index (χ2v) is 4.29. The van der Waals surface area contributed by atoms with Crippen LogP contribution in [0.5, 0.6) is 0 Å². The third-order valence-corrected chi connectivity index (χ3v) is 2.52. The van der Waals surface area contributed by atoms with Crippen LogP contribution in [0.3, 0.4) is 0 Å². The van der Waals surface area contributed by atoms with Crippen molar-refractivity contribution in [2.75, 3.05) is 0 Å². The molecule has 1 heterocycles. The monoisotopic (exact) mass is 254 g/mol. The molecular weight excluding hydrogens is 251 g/mol. The van der Waals surface area contributed by atoms with Crippen molar-refractivity contribution in [3.8, 4) is 0 Å². The van der Waals surface area contributed by atoms with Crippen molar-refractivity contribution in [3.63, 3.8) is 0 Å². The summed E-state index contributed by atoms with van der Waals surface area (Å²) in [5, 5.41) is 3.92. The van der Waals surface area contributed by atoms with Crippen molar-refractivity contribution < 1.29 is 12.8 Å². The molecular formula is C5H4BrFN2O2S. The molecule has 0 fully saturated rings. The number of primary sulfonamides is 1. The number of nitrogens with zero attached hydrogens (tertiary/aromatic N) is 1. The third kappa shape index (κ3) is 1.79. The zero-order valence-electron chi connectivity index (χ0n) is 5.66. The molecule has 0 amide bonds. The van der Waals surface area contributed by atoms with Crippen LogP contribution in [0.4, 0.5) is 4.39 Å². The summed E-state index contributed by atoms with van der Waals surface area (Å²) in [5.74, 6) is -0.972. The van der Waals surface area contributed by atoms with E-state index in [9.17, 15) is 12.8 Å². The van der Waals surface area contributed by atoms with Gasteiger partial charge in [-0.3, -0.25) is 0 Å².